The molecule has 2 aromatic rings. The van der Waals surface area contributed by atoms with Crippen molar-refractivity contribution in [2.75, 3.05) is 38.2 Å². The first-order valence-electron chi connectivity index (χ1n) is 9.54. The van der Waals surface area contributed by atoms with Gasteiger partial charge in [-0.15, -0.1) is 0 Å². The molecule has 27 heavy (non-hydrogen) atoms. The van der Waals surface area contributed by atoms with Crippen molar-refractivity contribution in [3.8, 4) is 0 Å². The molecule has 0 amide bonds. The molecule has 3 heterocycles. The number of anilines is 1. The second kappa shape index (κ2) is 7.94. The van der Waals surface area contributed by atoms with Gasteiger partial charge in [-0.25, -0.2) is 9.97 Å². The van der Waals surface area contributed by atoms with E-state index in [1.807, 2.05) is 13.8 Å². The van der Waals surface area contributed by atoms with Gasteiger partial charge in [-0.3, -0.25) is 4.90 Å². The molecule has 148 valence electrons. The Hall–Kier alpha value is -1.99. The fraction of sp³-hybridized carbons (Fsp3) is 0.650. The van der Waals surface area contributed by atoms with Crippen LogP contribution in [0.25, 0.3) is 0 Å². The highest BCUT2D eigenvalue weighted by Gasteiger charge is 2.24. The van der Waals surface area contributed by atoms with Crippen molar-refractivity contribution >= 4 is 5.82 Å². The molecule has 7 heteroatoms. The summed E-state index contributed by atoms with van der Waals surface area (Å²) in [6.07, 6.45) is 0. The van der Waals surface area contributed by atoms with E-state index < -0.39 is 0 Å². The van der Waals surface area contributed by atoms with Crippen molar-refractivity contribution in [2.24, 2.45) is 0 Å². The standard InChI is InChI=1S/C20H31N5O2/c1-14-17(15(2)27-23-14)12-24-7-9-25(10-8-24)18-11-16(13-26-6)21-19(22-18)20(3,4)5/h11H,7-10,12-13H2,1-6H3. The Morgan fingerprint density at radius 3 is 2.37 bits per heavy atom. The number of rotatable bonds is 5. The molecule has 1 fully saturated rings. The molecule has 0 spiro atoms. The van der Waals surface area contributed by atoms with Crippen LogP contribution in [0.15, 0.2) is 10.6 Å². The topological polar surface area (TPSA) is 67.5 Å². The van der Waals surface area contributed by atoms with Crippen molar-refractivity contribution in [3.05, 3.63) is 34.6 Å². The van der Waals surface area contributed by atoms with Crippen LogP contribution in [0.2, 0.25) is 0 Å². The maximum Gasteiger partial charge on any atom is 0.138 e. The van der Waals surface area contributed by atoms with Crippen LogP contribution in [0.3, 0.4) is 0 Å². The minimum atomic E-state index is -0.0936. The summed E-state index contributed by atoms with van der Waals surface area (Å²) >= 11 is 0. The summed E-state index contributed by atoms with van der Waals surface area (Å²) in [7, 11) is 1.70. The van der Waals surface area contributed by atoms with E-state index in [4.69, 9.17) is 14.2 Å². The smallest absolute Gasteiger partial charge is 0.138 e. The fourth-order valence-corrected chi connectivity index (χ4v) is 3.29. The molecule has 2 aromatic heterocycles. The summed E-state index contributed by atoms with van der Waals surface area (Å²) in [5.74, 6) is 2.79. The second-order valence-corrected chi connectivity index (χ2v) is 8.29. The molecule has 1 saturated heterocycles. The maximum absolute atomic E-state index is 5.30. The van der Waals surface area contributed by atoms with E-state index in [2.05, 4.69) is 46.8 Å². The first-order chi connectivity index (χ1) is 12.8. The Morgan fingerprint density at radius 2 is 1.81 bits per heavy atom. The molecule has 1 aliphatic heterocycles. The largest absolute Gasteiger partial charge is 0.378 e. The highest BCUT2D eigenvalue weighted by molar-refractivity contribution is 5.41. The number of ether oxygens (including phenoxy) is 1. The first kappa shape index (κ1) is 19.8. The molecule has 0 aromatic carbocycles. The van der Waals surface area contributed by atoms with Gasteiger partial charge in [0.15, 0.2) is 0 Å². The summed E-state index contributed by atoms with van der Waals surface area (Å²) in [5.41, 5.74) is 3.04. The van der Waals surface area contributed by atoms with Crippen LogP contribution in [0.5, 0.6) is 0 Å². The van der Waals surface area contributed by atoms with E-state index in [-0.39, 0.29) is 5.41 Å². The molecule has 0 saturated carbocycles. The van der Waals surface area contributed by atoms with Crippen LogP contribution >= 0.6 is 0 Å². The number of hydrogen-bond acceptors (Lipinski definition) is 7. The van der Waals surface area contributed by atoms with E-state index in [0.717, 1.165) is 61.5 Å². The van der Waals surface area contributed by atoms with Crippen molar-refractivity contribution in [1.82, 2.24) is 20.0 Å². The molecular formula is C20H31N5O2. The number of methoxy groups -OCH3 is 1. The molecule has 3 rings (SSSR count). The minimum Gasteiger partial charge on any atom is -0.378 e. The summed E-state index contributed by atoms with van der Waals surface area (Å²) in [5, 5.41) is 4.06. The van der Waals surface area contributed by atoms with Crippen LogP contribution in [0.4, 0.5) is 5.82 Å². The van der Waals surface area contributed by atoms with Gasteiger partial charge in [0.1, 0.15) is 17.4 Å². The number of aromatic nitrogens is 3. The number of aryl methyl sites for hydroxylation is 2. The Labute approximate surface area is 161 Å². The van der Waals surface area contributed by atoms with Gasteiger partial charge in [-0.2, -0.15) is 0 Å². The van der Waals surface area contributed by atoms with Gasteiger partial charge in [-0.05, 0) is 13.8 Å². The SMILES string of the molecule is COCc1cc(N2CCN(Cc3c(C)noc3C)CC2)nc(C(C)(C)C)n1. The third kappa shape index (κ3) is 4.65. The summed E-state index contributed by atoms with van der Waals surface area (Å²) in [6.45, 7) is 15.7. The van der Waals surface area contributed by atoms with Crippen molar-refractivity contribution in [1.29, 1.82) is 0 Å². The van der Waals surface area contributed by atoms with Crippen LogP contribution < -0.4 is 4.90 Å². The molecule has 0 aliphatic carbocycles. The predicted molar refractivity (Wildman–Crippen MR) is 105 cm³/mol. The molecule has 0 N–H and O–H groups in total. The maximum atomic E-state index is 5.30. The predicted octanol–water partition coefficient (Wildman–Crippen LogP) is 2.85. The van der Waals surface area contributed by atoms with Gasteiger partial charge >= 0.3 is 0 Å². The lowest BCUT2D eigenvalue weighted by molar-refractivity contribution is 0.181. The third-order valence-corrected chi connectivity index (χ3v) is 4.99. The first-order valence-corrected chi connectivity index (χ1v) is 9.54. The van der Waals surface area contributed by atoms with Gasteiger partial charge in [0.05, 0.1) is 18.0 Å². The van der Waals surface area contributed by atoms with E-state index in [1.165, 1.54) is 5.56 Å². The molecule has 0 bridgehead atoms. The van der Waals surface area contributed by atoms with Crippen LogP contribution in [0.1, 0.15) is 49.3 Å². The zero-order chi connectivity index (χ0) is 19.6. The van der Waals surface area contributed by atoms with Gasteiger partial charge in [0, 0.05) is 56.9 Å². The van der Waals surface area contributed by atoms with E-state index in [0.29, 0.717) is 6.61 Å². The second-order valence-electron chi connectivity index (χ2n) is 8.29. The van der Waals surface area contributed by atoms with E-state index in [9.17, 15) is 0 Å². The average molecular weight is 374 g/mol. The highest BCUT2D eigenvalue weighted by atomic mass is 16.5. The van der Waals surface area contributed by atoms with E-state index in [1.54, 1.807) is 7.11 Å². The molecule has 1 aliphatic rings. The summed E-state index contributed by atoms with van der Waals surface area (Å²) in [6, 6.07) is 2.06. The number of hydrogen-bond donors (Lipinski definition) is 0. The Kier molecular flexibility index (Phi) is 5.81. The fourth-order valence-electron chi connectivity index (χ4n) is 3.29. The van der Waals surface area contributed by atoms with Crippen LogP contribution in [-0.2, 0) is 23.3 Å². The Balaban J connectivity index is 1.71. The highest BCUT2D eigenvalue weighted by Crippen LogP contribution is 2.24. The normalized spacial score (nSPS) is 16.1. The van der Waals surface area contributed by atoms with Gasteiger partial charge < -0.3 is 14.2 Å². The lowest BCUT2D eigenvalue weighted by Crippen LogP contribution is -2.46. The van der Waals surface area contributed by atoms with Gasteiger partial charge in [0.2, 0.25) is 0 Å². The van der Waals surface area contributed by atoms with Crippen LogP contribution in [0, 0.1) is 13.8 Å². The lowest BCUT2D eigenvalue weighted by atomic mass is 9.95. The van der Waals surface area contributed by atoms with Crippen molar-refractivity contribution < 1.29 is 9.26 Å². The summed E-state index contributed by atoms with van der Waals surface area (Å²) < 4.78 is 10.6. The van der Waals surface area contributed by atoms with Crippen molar-refractivity contribution in [2.45, 2.75) is 53.2 Å². The molecule has 7 nitrogen and oxygen atoms in total. The lowest BCUT2D eigenvalue weighted by Gasteiger charge is -2.36. The Morgan fingerprint density at radius 1 is 1.11 bits per heavy atom. The Bertz CT molecular complexity index is 754. The number of piperazine rings is 1. The van der Waals surface area contributed by atoms with Crippen LogP contribution in [-0.4, -0.2) is 53.3 Å². The monoisotopic (exact) mass is 373 g/mol. The zero-order valence-electron chi connectivity index (χ0n) is 17.4. The van der Waals surface area contributed by atoms with Gasteiger partial charge in [0.25, 0.3) is 0 Å². The molecular weight excluding hydrogens is 342 g/mol. The average Bonchev–Trinajstić information content (AvgIpc) is 2.94. The minimum absolute atomic E-state index is 0.0936. The molecule has 0 unspecified atom stereocenters. The van der Waals surface area contributed by atoms with Gasteiger partial charge in [-0.1, -0.05) is 25.9 Å². The molecule has 0 atom stereocenters. The van der Waals surface area contributed by atoms with Crippen molar-refractivity contribution in [3.63, 3.8) is 0 Å². The third-order valence-electron chi connectivity index (χ3n) is 4.99. The molecule has 0 radical (unpaired) electrons. The zero-order valence-corrected chi connectivity index (χ0v) is 17.4. The van der Waals surface area contributed by atoms with E-state index >= 15 is 0 Å². The quantitative estimate of drug-likeness (QED) is 0.798. The number of nitrogens with zero attached hydrogens (tertiary/aromatic N) is 5. The summed E-state index contributed by atoms with van der Waals surface area (Å²) in [4.78, 5) is 14.3.